The van der Waals surface area contributed by atoms with Gasteiger partial charge in [-0.05, 0) is 154 Å². The highest BCUT2D eigenvalue weighted by Gasteiger charge is 2.25. The number of hydrogen-bond acceptors (Lipinski definition) is 7. The fraction of sp³-hybridized carbons (Fsp3) is 0.524. The first kappa shape index (κ1) is 84.6. The maximum atomic E-state index is 12.9. The van der Waals surface area contributed by atoms with Crippen LogP contribution in [-0.4, -0.2) is 87.4 Å². The van der Waals surface area contributed by atoms with Gasteiger partial charge in [-0.25, -0.2) is 4.79 Å². The second-order valence-corrected chi connectivity index (χ2v) is 23.4. The number of rotatable bonds is 61. The summed E-state index contributed by atoms with van der Waals surface area (Å²) in [7, 11) is 5.94. The largest absolute Gasteiger partial charge is 0.477 e. The summed E-state index contributed by atoms with van der Waals surface area (Å²) in [4.78, 5) is 37.6. The fourth-order valence-electron chi connectivity index (χ4n) is 8.47. The maximum Gasteiger partial charge on any atom is 0.361 e. The average molecular weight is 1250 g/mol. The van der Waals surface area contributed by atoms with Gasteiger partial charge >= 0.3 is 17.9 Å². The van der Waals surface area contributed by atoms with E-state index >= 15 is 0 Å². The van der Waals surface area contributed by atoms with E-state index in [1.165, 1.54) is 0 Å². The summed E-state index contributed by atoms with van der Waals surface area (Å²) in [5, 5.41) is 9.75. The first-order chi connectivity index (χ1) is 44.6. The summed E-state index contributed by atoms with van der Waals surface area (Å²) < 4.78 is 22.9. The van der Waals surface area contributed by atoms with Gasteiger partial charge in [-0.3, -0.25) is 9.59 Å². The molecule has 0 rings (SSSR count). The SMILES string of the molecule is CC/C=C\C/C=C\C/C=C\C/C=C\C/C=C\C/C=C\C/C=C\C/C=C\C/C=C\CCCCCCCC(=O)OCC(COC(OCC[N+](C)(C)C)C(=O)O)OC(=O)CCCCCCC/C=C\C/C=C\C/C=C\C/C=C\C/C=C\C/C=C\C/C=C\C/C=C\C/C=C\CC. The number of esters is 2. The van der Waals surface area contributed by atoms with Crippen LogP contribution in [0, 0.1) is 0 Å². The van der Waals surface area contributed by atoms with E-state index in [9.17, 15) is 19.5 Å². The highest BCUT2D eigenvalue weighted by molar-refractivity contribution is 5.71. The molecule has 0 aromatic rings. The predicted molar refractivity (Wildman–Crippen MR) is 391 cm³/mol. The number of nitrogens with zero attached hydrogens (tertiary/aromatic N) is 1. The van der Waals surface area contributed by atoms with Crippen molar-refractivity contribution in [3.05, 3.63) is 219 Å². The van der Waals surface area contributed by atoms with Gasteiger partial charge < -0.3 is 28.5 Å². The van der Waals surface area contributed by atoms with E-state index in [4.69, 9.17) is 18.9 Å². The highest BCUT2D eigenvalue weighted by atomic mass is 16.7. The number of hydrogen-bond donors (Lipinski definition) is 1. The van der Waals surface area contributed by atoms with Crippen LogP contribution < -0.4 is 0 Å². The van der Waals surface area contributed by atoms with Gasteiger partial charge in [0, 0.05) is 12.8 Å². The quantitative estimate of drug-likeness (QED) is 0.0211. The first-order valence-electron chi connectivity index (χ1n) is 34.9. The van der Waals surface area contributed by atoms with E-state index in [1.807, 2.05) is 21.1 Å². The van der Waals surface area contributed by atoms with Gasteiger partial charge in [0.15, 0.2) is 6.10 Å². The lowest BCUT2D eigenvalue weighted by molar-refractivity contribution is -0.870. The minimum absolute atomic E-state index is 0.167. The molecule has 0 saturated heterocycles. The summed E-state index contributed by atoms with van der Waals surface area (Å²) in [5.41, 5.74) is 0. The molecule has 2 atom stereocenters. The molecule has 9 nitrogen and oxygen atoms in total. The Kier molecular flexibility index (Phi) is 64.6. The molecule has 0 aliphatic rings. The van der Waals surface area contributed by atoms with Crippen LogP contribution in [0.3, 0.4) is 0 Å². The second-order valence-electron chi connectivity index (χ2n) is 23.4. The van der Waals surface area contributed by atoms with Crippen molar-refractivity contribution in [3.8, 4) is 0 Å². The van der Waals surface area contributed by atoms with E-state index in [1.54, 1.807) is 0 Å². The highest BCUT2D eigenvalue weighted by Crippen LogP contribution is 2.13. The molecule has 0 aliphatic carbocycles. The van der Waals surface area contributed by atoms with Gasteiger partial charge in [-0.2, -0.15) is 0 Å². The van der Waals surface area contributed by atoms with Crippen molar-refractivity contribution in [1.82, 2.24) is 0 Å². The Balaban J connectivity index is 4.32. The first-order valence-corrected chi connectivity index (χ1v) is 34.9. The molecule has 506 valence electrons. The van der Waals surface area contributed by atoms with Gasteiger partial charge in [0.2, 0.25) is 0 Å². The lowest BCUT2D eigenvalue weighted by Crippen LogP contribution is -2.40. The van der Waals surface area contributed by atoms with Crippen LogP contribution >= 0.6 is 0 Å². The molecule has 0 bridgehead atoms. The molecule has 0 radical (unpaired) electrons. The predicted octanol–water partition coefficient (Wildman–Crippen LogP) is 22.1. The third kappa shape index (κ3) is 70.9. The molecule has 0 fully saturated rings. The molecule has 9 heteroatoms. The summed E-state index contributed by atoms with van der Waals surface area (Å²) in [5.74, 6) is -2.09. The fourth-order valence-corrected chi connectivity index (χ4v) is 8.47. The van der Waals surface area contributed by atoms with E-state index in [-0.39, 0.29) is 38.6 Å². The number of carbonyl (C=O) groups is 3. The Hall–Kier alpha value is -6.39. The number of ether oxygens (including phenoxy) is 4. The molecule has 0 aromatic carbocycles. The van der Waals surface area contributed by atoms with Crippen molar-refractivity contribution in [2.75, 3.05) is 47.5 Å². The normalized spacial score (nSPS) is 14.1. The molecule has 1 N–H and O–H groups in total. The lowest BCUT2D eigenvalue weighted by Gasteiger charge is -2.25. The molecule has 0 aromatic heterocycles. The number of likely N-dealkylation sites (N-methyl/N-ethyl adjacent to an activating group) is 1. The van der Waals surface area contributed by atoms with Gasteiger partial charge in [0.25, 0.3) is 6.29 Å². The summed E-state index contributed by atoms with van der Waals surface area (Å²) in [6.07, 6.45) is 107. The zero-order valence-electron chi connectivity index (χ0n) is 57.6. The van der Waals surface area contributed by atoms with Gasteiger partial charge in [0.1, 0.15) is 13.2 Å². The average Bonchev–Trinajstić information content (AvgIpc) is 3.63. The number of carboxylic acids is 1. The molecule has 0 heterocycles. The van der Waals surface area contributed by atoms with Crippen molar-refractivity contribution in [2.24, 2.45) is 0 Å². The standard InChI is InChI=1S/C82H125NO8/c1-6-8-10-12-14-16-18-20-22-24-26-28-30-32-34-36-38-40-42-44-46-48-50-52-54-56-58-60-62-64-66-68-70-72-79(84)89-76-78(77-90-82(81(86)87)88-75-74-83(3,4)5)91-80(85)73-71-69-67-65-63-61-59-57-55-53-51-49-47-45-43-41-39-37-35-33-31-29-27-25-23-21-19-17-15-13-11-9-7-2/h8-11,14-17,20-23,26-29,32-35,38-41,44-47,50-53,56-59,78,82H,6-7,12-13,18-19,24-25,30-31,36-37,42-43,48-49,54-55,60-77H2,1-5H3/p+1/b10-8-,11-9-,16-14-,17-15-,22-20-,23-21-,28-26-,29-27-,34-32-,35-33-,40-38-,41-39-,46-44-,47-45-,52-50-,53-51-,58-56-,59-57-. The van der Waals surface area contributed by atoms with Crippen LogP contribution in [0.4, 0.5) is 0 Å². The Morgan fingerprint density at radius 2 is 0.593 bits per heavy atom. The molecule has 0 saturated carbocycles. The topological polar surface area (TPSA) is 108 Å². The third-order valence-corrected chi connectivity index (χ3v) is 13.7. The van der Waals surface area contributed by atoms with Crippen molar-refractivity contribution in [3.63, 3.8) is 0 Å². The van der Waals surface area contributed by atoms with Gasteiger partial charge in [-0.15, -0.1) is 0 Å². The Morgan fingerprint density at radius 1 is 0.330 bits per heavy atom. The second kappa shape index (κ2) is 69.5. The number of carbonyl (C=O) groups excluding carboxylic acids is 2. The number of quaternary nitrogens is 1. The van der Waals surface area contributed by atoms with Crippen LogP contribution in [0.15, 0.2) is 219 Å². The van der Waals surface area contributed by atoms with Crippen LogP contribution in [0.25, 0.3) is 0 Å². The zero-order valence-corrected chi connectivity index (χ0v) is 57.6. The number of carboxylic acid groups (broad SMARTS) is 1. The Bertz CT molecular complexity index is 2300. The number of unbranched alkanes of at least 4 members (excludes halogenated alkanes) is 10. The van der Waals surface area contributed by atoms with E-state index < -0.39 is 24.3 Å². The van der Waals surface area contributed by atoms with Crippen LogP contribution in [0.1, 0.15) is 219 Å². The van der Waals surface area contributed by atoms with Crippen LogP contribution in [0.2, 0.25) is 0 Å². The summed E-state index contributed by atoms with van der Waals surface area (Å²) >= 11 is 0. The monoisotopic (exact) mass is 1250 g/mol. The molecular formula is C82H126NO8+. The lowest BCUT2D eigenvalue weighted by atomic mass is 10.1. The number of allylic oxidation sites excluding steroid dienone is 36. The Labute approximate surface area is 556 Å². The van der Waals surface area contributed by atoms with E-state index in [0.717, 1.165) is 180 Å². The third-order valence-electron chi connectivity index (χ3n) is 13.7. The van der Waals surface area contributed by atoms with E-state index in [0.29, 0.717) is 23.9 Å². The molecule has 0 aliphatic heterocycles. The Morgan fingerprint density at radius 3 is 0.879 bits per heavy atom. The molecular weight excluding hydrogens is 1130 g/mol. The molecule has 2 unspecified atom stereocenters. The van der Waals surface area contributed by atoms with Crippen LogP contribution in [-0.2, 0) is 33.3 Å². The van der Waals surface area contributed by atoms with Crippen molar-refractivity contribution >= 4 is 17.9 Å². The zero-order chi connectivity index (χ0) is 66.1. The van der Waals surface area contributed by atoms with Gasteiger partial charge in [-0.1, -0.05) is 271 Å². The maximum absolute atomic E-state index is 12.9. The molecule has 91 heavy (non-hydrogen) atoms. The minimum atomic E-state index is -1.54. The van der Waals surface area contributed by atoms with Crippen LogP contribution in [0.5, 0.6) is 0 Å². The molecule has 0 amide bonds. The van der Waals surface area contributed by atoms with Crippen molar-refractivity contribution in [1.29, 1.82) is 0 Å². The van der Waals surface area contributed by atoms with E-state index in [2.05, 4.69) is 233 Å². The van der Waals surface area contributed by atoms with Crippen molar-refractivity contribution < 1.29 is 42.9 Å². The molecule has 0 spiro atoms. The number of aliphatic carboxylic acids is 1. The minimum Gasteiger partial charge on any atom is -0.477 e. The van der Waals surface area contributed by atoms with Crippen molar-refractivity contribution in [2.45, 2.75) is 232 Å². The summed E-state index contributed by atoms with van der Waals surface area (Å²) in [6, 6.07) is 0. The summed E-state index contributed by atoms with van der Waals surface area (Å²) in [6.45, 7) is 4.56. The van der Waals surface area contributed by atoms with Gasteiger partial charge in [0.05, 0.1) is 34.4 Å². The smallest absolute Gasteiger partial charge is 0.361 e.